The van der Waals surface area contributed by atoms with Crippen molar-refractivity contribution in [2.24, 2.45) is 0 Å². The Morgan fingerprint density at radius 3 is 2.36 bits per heavy atom. The summed E-state index contributed by atoms with van der Waals surface area (Å²) >= 11 is 0. The minimum Gasteiger partial charge on any atom is -0.335 e. The molecule has 1 aliphatic carbocycles. The Labute approximate surface area is 166 Å². The van der Waals surface area contributed by atoms with Gasteiger partial charge >= 0.3 is 6.03 Å². The average molecular weight is 410 g/mol. The van der Waals surface area contributed by atoms with Crippen molar-refractivity contribution in [3.8, 4) is 0 Å². The summed E-state index contributed by atoms with van der Waals surface area (Å²) in [4.78, 5) is 24.9. The van der Waals surface area contributed by atoms with E-state index in [2.05, 4.69) is 10.6 Å². The maximum Gasteiger partial charge on any atom is 0.321 e. The second-order valence-corrected chi connectivity index (χ2v) is 9.54. The van der Waals surface area contributed by atoms with Gasteiger partial charge in [0.15, 0.2) is 6.54 Å². The van der Waals surface area contributed by atoms with E-state index in [1.165, 1.54) is 4.31 Å². The van der Waals surface area contributed by atoms with Gasteiger partial charge in [-0.2, -0.15) is 4.31 Å². The van der Waals surface area contributed by atoms with Gasteiger partial charge in [-0.1, -0.05) is 43.2 Å². The zero-order valence-electron chi connectivity index (χ0n) is 16.0. The first-order valence-corrected chi connectivity index (χ1v) is 11.5. The van der Waals surface area contributed by atoms with Crippen molar-refractivity contribution >= 4 is 22.0 Å². The summed E-state index contributed by atoms with van der Waals surface area (Å²) in [5, 5.41) is 5.22. The van der Waals surface area contributed by atoms with E-state index in [1.54, 1.807) is 12.1 Å². The highest BCUT2D eigenvalue weighted by molar-refractivity contribution is 7.88. The Hall–Kier alpha value is -1.97. The first kappa shape index (κ1) is 20.8. The van der Waals surface area contributed by atoms with Gasteiger partial charge in [0.25, 0.3) is 5.91 Å². The minimum atomic E-state index is -3.37. The summed E-state index contributed by atoms with van der Waals surface area (Å²) in [5.74, 6) is -0.337. The lowest BCUT2D eigenvalue weighted by Crippen LogP contribution is -3.15. The predicted molar refractivity (Wildman–Crippen MR) is 105 cm³/mol. The highest BCUT2D eigenvalue weighted by Crippen LogP contribution is 2.17. The molecule has 3 N–H and O–H groups in total. The number of nitrogens with zero attached hydrogens (tertiary/aromatic N) is 1. The van der Waals surface area contributed by atoms with E-state index in [0.717, 1.165) is 36.1 Å². The number of carbonyl (C=O) groups is 2. The molecule has 3 amide bonds. The number of quaternary nitrogens is 1. The summed E-state index contributed by atoms with van der Waals surface area (Å²) in [6.07, 6.45) is 4.15. The standard InChI is InChI=1S/C19H28N4O4S/c24-18(21-19(25)20-17-8-4-5-9-17)14-22-10-12-23(13-11-22)28(26,27)15-16-6-2-1-3-7-16/h1-3,6-7,17H,4-5,8-15H2,(H2,20,21,24,25)/p+1. The Bertz CT molecular complexity index is 770. The fourth-order valence-corrected chi connectivity index (χ4v) is 5.36. The number of benzene rings is 1. The normalized spacial score (nSPS) is 19.4. The van der Waals surface area contributed by atoms with Gasteiger partial charge in [0.1, 0.15) is 0 Å². The Balaban J connectivity index is 1.40. The van der Waals surface area contributed by atoms with Crippen LogP contribution in [0.25, 0.3) is 0 Å². The van der Waals surface area contributed by atoms with Gasteiger partial charge in [0.05, 0.1) is 31.9 Å². The van der Waals surface area contributed by atoms with Gasteiger partial charge in [0.2, 0.25) is 10.0 Å². The van der Waals surface area contributed by atoms with Crippen LogP contribution in [0.1, 0.15) is 31.2 Å². The molecule has 0 spiro atoms. The van der Waals surface area contributed by atoms with Crippen LogP contribution in [-0.2, 0) is 20.6 Å². The number of nitrogens with one attached hydrogen (secondary N) is 3. The number of sulfonamides is 1. The summed E-state index contributed by atoms with van der Waals surface area (Å²) in [6.45, 7) is 2.03. The van der Waals surface area contributed by atoms with Crippen LogP contribution in [0.15, 0.2) is 30.3 Å². The lowest BCUT2D eigenvalue weighted by atomic mass is 10.2. The quantitative estimate of drug-likeness (QED) is 0.589. The fraction of sp³-hybridized carbons (Fsp3) is 0.579. The van der Waals surface area contributed by atoms with E-state index >= 15 is 0 Å². The molecular weight excluding hydrogens is 380 g/mol. The van der Waals surface area contributed by atoms with Crippen molar-refractivity contribution in [2.45, 2.75) is 37.5 Å². The van der Waals surface area contributed by atoms with Crippen molar-refractivity contribution in [3.63, 3.8) is 0 Å². The number of amides is 3. The summed E-state index contributed by atoms with van der Waals surface area (Å²) in [6, 6.07) is 8.86. The number of piperazine rings is 1. The maximum atomic E-state index is 12.6. The summed E-state index contributed by atoms with van der Waals surface area (Å²) in [7, 11) is -3.37. The highest BCUT2D eigenvalue weighted by Gasteiger charge is 2.30. The molecule has 8 nitrogen and oxygen atoms in total. The van der Waals surface area contributed by atoms with Crippen LogP contribution in [0.2, 0.25) is 0 Å². The molecule has 1 aromatic rings. The third-order valence-corrected chi connectivity index (χ3v) is 7.22. The Morgan fingerprint density at radius 2 is 1.71 bits per heavy atom. The first-order valence-electron chi connectivity index (χ1n) is 9.88. The number of carbonyl (C=O) groups excluding carboxylic acids is 2. The van der Waals surface area contributed by atoms with E-state index in [4.69, 9.17) is 0 Å². The van der Waals surface area contributed by atoms with E-state index in [9.17, 15) is 18.0 Å². The van der Waals surface area contributed by atoms with Crippen LogP contribution in [0.3, 0.4) is 0 Å². The second-order valence-electron chi connectivity index (χ2n) is 7.57. The Kier molecular flexibility index (Phi) is 7.03. The molecule has 3 rings (SSSR count). The molecule has 0 bridgehead atoms. The molecule has 9 heteroatoms. The number of hydrogen-bond acceptors (Lipinski definition) is 4. The number of rotatable bonds is 6. The van der Waals surface area contributed by atoms with Gasteiger partial charge in [-0.05, 0) is 18.4 Å². The van der Waals surface area contributed by atoms with Crippen LogP contribution in [0.5, 0.6) is 0 Å². The van der Waals surface area contributed by atoms with Crippen LogP contribution in [-0.4, -0.2) is 63.4 Å². The van der Waals surface area contributed by atoms with Crippen LogP contribution >= 0.6 is 0 Å². The van der Waals surface area contributed by atoms with Crippen molar-refractivity contribution in [1.82, 2.24) is 14.9 Å². The zero-order valence-corrected chi connectivity index (χ0v) is 16.8. The monoisotopic (exact) mass is 409 g/mol. The summed E-state index contributed by atoms with van der Waals surface area (Å²) < 4.78 is 26.7. The van der Waals surface area contributed by atoms with Crippen LogP contribution in [0, 0.1) is 0 Å². The molecular formula is C19H29N4O4S+. The molecule has 0 radical (unpaired) electrons. The third kappa shape index (κ3) is 6.02. The maximum absolute atomic E-state index is 12.6. The number of hydrogen-bond donors (Lipinski definition) is 3. The fourth-order valence-electron chi connectivity index (χ4n) is 3.82. The highest BCUT2D eigenvalue weighted by atomic mass is 32.2. The molecule has 154 valence electrons. The molecule has 1 saturated heterocycles. The van der Waals surface area contributed by atoms with Crippen molar-refractivity contribution < 1.29 is 22.9 Å². The smallest absolute Gasteiger partial charge is 0.321 e. The van der Waals surface area contributed by atoms with E-state index in [0.29, 0.717) is 26.2 Å². The minimum absolute atomic E-state index is 0.00893. The van der Waals surface area contributed by atoms with Crippen molar-refractivity contribution in [2.75, 3.05) is 32.7 Å². The van der Waals surface area contributed by atoms with Gasteiger partial charge in [-0.15, -0.1) is 0 Å². The molecule has 1 heterocycles. The lowest BCUT2D eigenvalue weighted by molar-refractivity contribution is -0.895. The molecule has 0 unspecified atom stereocenters. The largest absolute Gasteiger partial charge is 0.335 e. The summed E-state index contributed by atoms with van der Waals surface area (Å²) in [5.41, 5.74) is 0.768. The van der Waals surface area contributed by atoms with Crippen molar-refractivity contribution in [1.29, 1.82) is 0 Å². The number of urea groups is 1. The van der Waals surface area contributed by atoms with Gasteiger partial charge in [-0.25, -0.2) is 13.2 Å². The SMILES string of the molecule is O=C(C[NH+]1CCN(S(=O)(=O)Cc2ccccc2)CC1)NC(=O)NC1CCCC1. The number of imide groups is 1. The third-order valence-electron chi connectivity index (χ3n) is 5.37. The Morgan fingerprint density at radius 1 is 1.07 bits per heavy atom. The second kappa shape index (κ2) is 9.49. The van der Waals surface area contributed by atoms with Gasteiger partial charge in [-0.3, -0.25) is 10.1 Å². The molecule has 1 aliphatic heterocycles. The average Bonchev–Trinajstić information content (AvgIpc) is 3.15. The van der Waals surface area contributed by atoms with E-state index < -0.39 is 16.1 Å². The lowest BCUT2D eigenvalue weighted by Gasteiger charge is -2.31. The molecule has 28 heavy (non-hydrogen) atoms. The zero-order chi connectivity index (χ0) is 20.0. The van der Waals surface area contributed by atoms with Crippen LogP contribution < -0.4 is 15.5 Å². The van der Waals surface area contributed by atoms with Crippen LogP contribution in [0.4, 0.5) is 4.79 Å². The topological polar surface area (TPSA) is 100 Å². The molecule has 2 aliphatic rings. The molecule has 2 fully saturated rings. The van der Waals surface area contributed by atoms with Crippen molar-refractivity contribution in [3.05, 3.63) is 35.9 Å². The van der Waals surface area contributed by atoms with E-state index in [1.807, 2.05) is 18.2 Å². The predicted octanol–water partition coefficient (Wildman–Crippen LogP) is -0.515. The van der Waals surface area contributed by atoms with Gasteiger partial charge in [0, 0.05) is 6.04 Å². The molecule has 1 saturated carbocycles. The molecule has 1 aromatic carbocycles. The first-order chi connectivity index (χ1) is 13.4. The van der Waals surface area contributed by atoms with Gasteiger partial charge < -0.3 is 10.2 Å². The molecule has 0 atom stereocenters. The van der Waals surface area contributed by atoms with E-state index in [-0.39, 0.29) is 24.2 Å². The molecule has 0 aromatic heterocycles.